The molecule has 2 rings (SSSR count). The van der Waals surface area contributed by atoms with Crippen LogP contribution in [0.25, 0.3) is 0 Å². The molecule has 4 heteroatoms. The molecule has 0 aromatic heterocycles. The summed E-state index contributed by atoms with van der Waals surface area (Å²) in [5.74, 6) is 0.986. The molecule has 1 fully saturated rings. The monoisotopic (exact) mass is 289 g/mol. The van der Waals surface area contributed by atoms with Gasteiger partial charge in [-0.15, -0.1) is 0 Å². The molecule has 0 aliphatic carbocycles. The Hall–Kier alpha value is -1.55. The molecule has 1 atom stereocenters. The molecule has 0 radical (unpaired) electrons. The van der Waals surface area contributed by atoms with E-state index in [0.29, 0.717) is 24.5 Å². The molecule has 0 spiro atoms. The number of benzene rings is 1. The van der Waals surface area contributed by atoms with E-state index in [0.717, 1.165) is 25.1 Å². The number of nitrogens with zero attached hydrogens (tertiary/aromatic N) is 1. The Kier molecular flexibility index (Phi) is 6.05. The van der Waals surface area contributed by atoms with Crippen molar-refractivity contribution in [2.75, 3.05) is 18.5 Å². The van der Waals surface area contributed by atoms with Gasteiger partial charge in [-0.05, 0) is 49.3 Å². The second-order valence-electron chi connectivity index (χ2n) is 5.95. The van der Waals surface area contributed by atoms with Crippen molar-refractivity contribution < 1.29 is 4.74 Å². The van der Waals surface area contributed by atoms with Gasteiger partial charge in [0.1, 0.15) is 0 Å². The predicted molar refractivity (Wildman–Crippen MR) is 88.9 cm³/mol. The fraction of sp³-hybridized carbons (Fsp3) is 0.588. The minimum absolute atomic E-state index is 0.361. The molecular formula is C17H27N3O. The summed E-state index contributed by atoms with van der Waals surface area (Å²) >= 11 is 0. The van der Waals surface area contributed by atoms with Gasteiger partial charge >= 0.3 is 0 Å². The quantitative estimate of drug-likeness (QED) is 0.644. The fourth-order valence-corrected chi connectivity index (χ4v) is 2.53. The summed E-state index contributed by atoms with van der Waals surface area (Å²) in [6.07, 6.45) is 4.92. The zero-order valence-electron chi connectivity index (χ0n) is 13.1. The number of anilines is 1. The Balaban J connectivity index is 1.81. The minimum Gasteiger partial charge on any atom is -0.378 e. The van der Waals surface area contributed by atoms with E-state index in [1.165, 1.54) is 18.4 Å². The summed E-state index contributed by atoms with van der Waals surface area (Å²) in [5.41, 5.74) is 8.24. The third kappa shape index (κ3) is 5.38. The highest BCUT2D eigenvalue weighted by atomic mass is 16.5. The maximum absolute atomic E-state index is 5.95. The summed E-state index contributed by atoms with van der Waals surface area (Å²) in [5, 5.41) is 3.16. The zero-order chi connectivity index (χ0) is 15.1. The van der Waals surface area contributed by atoms with Crippen molar-refractivity contribution in [2.24, 2.45) is 10.7 Å². The Bertz CT molecular complexity index is 465. The van der Waals surface area contributed by atoms with Crippen LogP contribution in [0.2, 0.25) is 0 Å². The molecule has 0 saturated carbocycles. The summed E-state index contributed by atoms with van der Waals surface area (Å²) in [7, 11) is 0. The molecule has 1 aliphatic heterocycles. The van der Waals surface area contributed by atoms with Crippen molar-refractivity contribution >= 4 is 11.6 Å². The standard InChI is InChI=1S/C17H27N3O/c1-13(2)14-6-5-7-15(12-14)20-17(18)19-10-9-16-8-3-4-11-21-16/h5-7,12-13,16H,3-4,8-11H2,1-2H3,(H3,18,19,20). The zero-order valence-corrected chi connectivity index (χ0v) is 13.1. The van der Waals surface area contributed by atoms with Crippen LogP contribution in [0, 0.1) is 0 Å². The highest BCUT2D eigenvalue weighted by Gasteiger charge is 2.12. The average Bonchev–Trinajstić information content (AvgIpc) is 2.48. The molecule has 4 nitrogen and oxygen atoms in total. The van der Waals surface area contributed by atoms with Gasteiger partial charge in [0.15, 0.2) is 5.96 Å². The number of hydrogen-bond donors (Lipinski definition) is 2. The van der Waals surface area contributed by atoms with Crippen molar-refractivity contribution in [1.29, 1.82) is 0 Å². The van der Waals surface area contributed by atoms with Gasteiger partial charge in [0.2, 0.25) is 0 Å². The number of hydrogen-bond acceptors (Lipinski definition) is 2. The molecule has 0 amide bonds. The SMILES string of the molecule is CC(C)c1cccc(NC(N)=NCCC2CCCCO2)c1. The Morgan fingerprint density at radius 2 is 2.29 bits per heavy atom. The van der Waals surface area contributed by atoms with Crippen LogP contribution in [-0.2, 0) is 4.74 Å². The predicted octanol–water partition coefficient (Wildman–Crippen LogP) is 3.50. The second-order valence-corrected chi connectivity index (χ2v) is 5.95. The smallest absolute Gasteiger partial charge is 0.193 e. The van der Waals surface area contributed by atoms with Gasteiger partial charge in [-0.1, -0.05) is 26.0 Å². The maximum Gasteiger partial charge on any atom is 0.193 e. The van der Waals surface area contributed by atoms with Gasteiger partial charge in [0, 0.05) is 18.8 Å². The van der Waals surface area contributed by atoms with E-state index in [9.17, 15) is 0 Å². The molecule has 1 heterocycles. The highest BCUT2D eigenvalue weighted by Crippen LogP contribution is 2.18. The van der Waals surface area contributed by atoms with Crippen LogP contribution in [-0.4, -0.2) is 25.2 Å². The van der Waals surface area contributed by atoms with E-state index < -0.39 is 0 Å². The summed E-state index contributed by atoms with van der Waals surface area (Å²) < 4.78 is 5.69. The molecule has 0 bridgehead atoms. The van der Waals surface area contributed by atoms with Crippen LogP contribution in [0.15, 0.2) is 29.3 Å². The lowest BCUT2D eigenvalue weighted by Gasteiger charge is -2.21. The first kappa shape index (κ1) is 15.8. The van der Waals surface area contributed by atoms with Crippen LogP contribution in [0.1, 0.15) is 51.0 Å². The van der Waals surface area contributed by atoms with Crippen LogP contribution < -0.4 is 11.1 Å². The molecule has 1 unspecified atom stereocenters. The Morgan fingerprint density at radius 1 is 1.43 bits per heavy atom. The van der Waals surface area contributed by atoms with Crippen LogP contribution in [0.3, 0.4) is 0 Å². The molecule has 116 valence electrons. The van der Waals surface area contributed by atoms with Crippen LogP contribution in [0.4, 0.5) is 5.69 Å². The third-order valence-corrected chi connectivity index (χ3v) is 3.83. The van der Waals surface area contributed by atoms with E-state index >= 15 is 0 Å². The first-order chi connectivity index (χ1) is 10.1. The van der Waals surface area contributed by atoms with Gasteiger partial charge in [0.05, 0.1) is 6.10 Å². The molecule has 3 N–H and O–H groups in total. The molecule has 1 aromatic rings. The lowest BCUT2D eigenvalue weighted by atomic mass is 10.0. The van der Waals surface area contributed by atoms with Crippen LogP contribution >= 0.6 is 0 Å². The largest absolute Gasteiger partial charge is 0.378 e. The second kappa shape index (κ2) is 8.03. The summed E-state index contributed by atoms with van der Waals surface area (Å²) in [6.45, 7) is 5.97. The van der Waals surface area contributed by atoms with E-state index in [-0.39, 0.29) is 0 Å². The van der Waals surface area contributed by atoms with Crippen molar-refractivity contribution in [3.63, 3.8) is 0 Å². The third-order valence-electron chi connectivity index (χ3n) is 3.83. The first-order valence-corrected chi connectivity index (χ1v) is 7.93. The topological polar surface area (TPSA) is 59.6 Å². The van der Waals surface area contributed by atoms with Crippen molar-refractivity contribution in [1.82, 2.24) is 0 Å². The van der Waals surface area contributed by atoms with Crippen LogP contribution in [0.5, 0.6) is 0 Å². The van der Waals surface area contributed by atoms with Gasteiger partial charge in [-0.3, -0.25) is 4.99 Å². The van der Waals surface area contributed by atoms with Gasteiger partial charge in [-0.2, -0.15) is 0 Å². The average molecular weight is 289 g/mol. The van der Waals surface area contributed by atoms with E-state index in [1.54, 1.807) is 0 Å². The number of nitrogens with one attached hydrogen (secondary N) is 1. The minimum atomic E-state index is 0.361. The van der Waals surface area contributed by atoms with Gasteiger partial charge in [-0.25, -0.2) is 0 Å². The number of rotatable bonds is 5. The van der Waals surface area contributed by atoms with Gasteiger partial charge in [0.25, 0.3) is 0 Å². The van der Waals surface area contributed by atoms with E-state index in [1.807, 2.05) is 12.1 Å². The number of nitrogens with two attached hydrogens (primary N) is 1. The Labute approximate surface area is 127 Å². The Morgan fingerprint density at radius 3 is 3.00 bits per heavy atom. The number of guanidine groups is 1. The molecular weight excluding hydrogens is 262 g/mol. The lowest BCUT2D eigenvalue weighted by Crippen LogP contribution is -2.24. The normalized spacial score (nSPS) is 19.8. The number of ether oxygens (including phenoxy) is 1. The fourth-order valence-electron chi connectivity index (χ4n) is 2.53. The van der Waals surface area contributed by atoms with Crippen molar-refractivity contribution in [2.45, 2.75) is 51.6 Å². The first-order valence-electron chi connectivity index (χ1n) is 7.93. The van der Waals surface area contributed by atoms with E-state index in [4.69, 9.17) is 10.5 Å². The lowest BCUT2D eigenvalue weighted by molar-refractivity contribution is 0.0129. The highest BCUT2D eigenvalue weighted by molar-refractivity contribution is 5.92. The molecule has 21 heavy (non-hydrogen) atoms. The maximum atomic E-state index is 5.95. The number of aliphatic imine (C=N–C) groups is 1. The molecule has 1 aliphatic rings. The van der Waals surface area contributed by atoms with Gasteiger partial charge < -0.3 is 15.8 Å². The molecule has 1 saturated heterocycles. The van der Waals surface area contributed by atoms with Crippen molar-refractivity contribution in [3.05, 3.63) is 29.8 Å². The summed E-state index contributed by atoms with van der Waals surface area (Å²) in [4.78, 5) is 4.39. The summed E-state index contributed by atoms with van der Waals surface area (Å²) in [6, 6.07) is 8.31. The van der Waals surface area contributed by atoms with Crippen molar-refractivity contribution in [3.8, 4) is 0 Å². The van der Waals surface area contributed by atoms with E-state index in [2.05, 4.69) is 36.3 Å². The molecule has 1 aromatic carbocycles.